The van der Waals surface area contributed by atoms with Crippen molar-refractivity contribution >= 4 is 11.8 Å². The van der Waals surface area contributed by atoms with Gasteiger partial charge in [0.15, 0.2) is 11.6 Å². The zero-order chi connectivity index (χ0) is 14.7. The number of aromatic nitrogens is 3. The van der Waals surface area contributed by atoms with Gasteiger partial charge in [0, 0.05) is 13.1 Å². The molecule has 0 atom stereocenters. The molecule has 2 aromatic rings. The minimum absolute atomic E-state index is 0.119. The number of nitrogens with zero attached hydrogens (tertiary/aromatic N) is 4. The molecule has 0 bridgehead atoms. The highest BCUT2D eigenvalue weighted by atomic mass is 19.1. The highest BCUT2D eigenvalue weighted by molar-refractivity contribution is 5.91. The number of benzene rings is 1. The maximum absolute atomic E-state index is 13.7. The smallest absolute Gasteiger partial charge is 0.360 e. The Morgan fingerprint density at radius 3 is 2.50 bits per heavy atom. The third-order valence-electron chi connectivity index (χ3n) is 2.93. The summed E-state index contributed by atoms with van der Waals surface area (Å²) >= 11 is 0. The van der Waals surface area contributed by atoms with Gasteiger partial charge in [-0.25, -0.2) is 9.18 Å². The lowest BCUT2D eigenvalue weighted by molar-refractivity contribution is 0.0690. The number of aromatic carboxylic acids is 1. The fraction of sp³-hybridized carbons (Fsp3) is 0.308. The minimum atomic E-state index is -1.19. The molecule has 2 rings (SSSR count). The van der Waals surface area contributed by atoms with E-state index < -0.39 is 11.8 Å². The topological polar surface area (TPSA) is 71.2 Å². The van der Waals surface area contributed by atoms with Crippen molar-refractivity contribution in [3.63, 3.8) is 0 Å². The van der Waals surface area contributed by atoms with E-state index in [0.29, 0.717) is 13.1 Å². The summed E-state index contributed by atoms with van der Waals surface area (Å²) in [5, 5.41) is 17.2. The number of halogens is 1. The molecule has 0 unspecified atom stereocenters. The highest BCUT2D eigenvalue weighted by Gasteiger charge is 2.22. The van der Waals surface area contributed by atoms with Gasteiger partial charge in [0.2, 0.25) is 5.69 Å². The number of para-hydroxylation sites is 1. The SMILES string of the molecule is CCN(CC)c1nn(-c2ccccc2F)nc1C(=O)O. The van der Waals surface area contributed by atoms with E-state index in [1.54, 1.807) is 17.0 Å². The second kappa shape index (κ2) is 5.68. The van der Waals surface area contributed by atoms with Crippen molar-refractivity contribution < 1.29 is 14.3 Å². The average Bonchev–Trinajstić information content (AvgIpc) is 2.86. The summed E-state index contributed by atoms with van der Waals surface area (Å²) in [5.74, 6) is -1.45. The molecular weight excluding hydrogens is 263 g/mol. The number of carboxylic acids is 1. The number of carbonyl (C=O) groups is 1. The summed E-state index contributed by atoms with van der Waals surface area (Å²) in [5.41, 5.74) is -0.0645. The summed E-state index contributed by atoms with van der Waals surface area (Å²) in [6, 6.07) is 5.95. The Labute approximate surface area is 115 Å². The van der Waals surface area contributed by atoms with Crippen LogP contribution in [-0.4, -0.2) is 39.2 Å². The number of hydrogen-bond acceptors (Lipinski definition) is 4. The van der Waals surface area contributed by atoms with Crippen molar-refractivity contribution in [1.29, 1.82) is 0 Å². The molecule has 0 fully saturated rings. The molecule has 6 nitrogen and oxygen atoms in total. The summed E-state index contributed by atoms with van der Waals surface area (Å²) in [6.45, 7) is 4.95. The number of carboxylic acid groups (broad SMARTS) is 1. The standard InChI is InChI=1S/C13H15FN4O2/c1-3-17(4-2)12-11(13(19)20)15-18(16-12)10-8-6-5-7-9(10)14/h5-8H,3-4H2,1-2H3,(H,19,20). The Kier molecular flexibility index (Phi) is 3.97. The van der Waals surface area contributed by atoms with Crippen LogP contribution in [0, 0.1) is 5.82 Å². The molecule has 0 aliphatic heterocycles. The van der Waals surface area contributed by atoms with E-state index in [2.05, 4.69) is 10.2 Å². The van der Waals surface area contributed by atoms with Gasteiger partial charge in [-0.2, -0.15) is 0 Å². The summed E-state index contributed by atoms with van der Waals surface area (Å²) in [7, 11) is 0. The van der Waals surface area contributed by atoms with Crippen LogP contribution >= 0.6 is 0 Å². The average molecular weight is 278 g/mol. The zero-order valence-electron chi connectivity index (χ0n) is 11.2. The highest BCUT2D eigenvalue weighted by Crippen LogP contribution is 2.19. The zero-order valence-corrected chi connectivity index (χ0v) is 11.2. The van der Waals surface area contributed by atoms with E-state index in [9.17, 15) is 14.3 Å². The van der Waals surface area contributed by atoms with Crippen LogP contribution in [0.15, 0.2) is 24.3 Å². The Hall–Kier alpha value is -2.44. The first kappa shape index (κ1) is 14.0. The van der Waals surface area contributed by atoms with Gasteiger partial charge in [0.05, 0.1) is 0 Å². The van der Waals surface area contributed by atoms with Crippen molar-refractivity contribution in [3.8, 4) is 5.69 Å². The predicted octanol–water partition coefficient (Wildman–Crippen LogP) is 1.95. The van der Waals surface area contributed by atoms with E-state index in [4.69, 9.17) is 0 Å². The van der Waals surface area contributed by atoms with Crippen molar-refractivity contribution in [2.45, 2.75) is 13.8 Å². The first-order valence-corrected chi connectivity index (χ1v) is 6.29. The Morgan fingerprint density at radius 2 is 1.95 bits per heavy atom. The normalized spacial score (nSPS) is 10.6. The first-order chi connectivity index (χ1) is 9.58. The fourth-order valence-electron chi connectivity index (χ4n) is 1.90. The van der Waals surface area contributed by atoms with Crippen LogP contribution in [-0.2, 0) is 0 Å². The Bertz CT molecular complexity index is 623. The van der Waals surface area contributed by atoms with Crippen molar-refractivity contribution in [1.82, 2.24) is 15.0 Å². The first-order valence-electron chi connectivity index (χ1n) is 6.29. The third kappa shape index (κ3) is 2.47. The van der Waals surface area contributed by atoms with Crippen molar-refractivity contribution in [3.05, 3.63) is 35.8 Å². The maximum Gasteiger partial charge on any atom is 0.360 e. The van der Waals surface area contributed by atoms with Crippen LogP contribution in [0.1, 0.15) is 24.3 Å². The van der Waals surface area contributed by atoms with E-state index >= 15 is 0 Å². The van der Waals surface area contributed by atoms with Gasteiger partial charge in [0.1, 0.15) is 5.69 Å². The molecule has 0 amide bonds. The second-order valence-corrected chi connectivity index (χ2v) is 4.09. The summed E-state index contributed by atoms with van der Waals surface area (Å²) in [6.07, 6.45) is 0. The van der Waals surface area contributed by atoms with Gasteiger partial charge in [-0.15, -0.1) is 15.0 Å². The van der Waals surface area contributed by atoms with Gasteiger partial charge in [0.25, 0.3) is 0 Å². The molecule has 0 radical (unpaired) electrons. The summed E-state index contributed by atoms with van der Waals surface area (Å²) in [4.78, 5) is 14.0. The maximum atomic E-state index is 13.7. The molecule has 7 heteroatoms. The quantitative estimate of drug-likeness (QED) is 0.905. The van der Waals surface area contributed by atoms with E-state index in [-0.39, 0.29) is 17.2 Å². The lowest BCUT2D eigenvalue weighted by atomic mass is 10.3. The van der Waals surface area contributed by atoms with Crippen LogP contribution < -0.4 is 4.90 Å². The molecule has 0 saturated heterocycles. The molecule has 1 heterocycles. The van der Waals surface area contributed by atoms with E-state index in [1.807, 2.05) is 13.8 Å². The van der Waals surface area contributed by atoms with Crippen LogP contribution in [0.3, 0.4) is 0 Å². The van der Waals surface area contributed by atoms with Gasteiger partial charge in [-0.1, -0.05) is 12.1 Å². The second-order valence-electron chi connectivity index (χ2n) is 4.09. The van der Waals surface area contributed by atoms with Crippen LogP contribution in [0.5, 0.6) is 0 Å². The predicted molar refractivity (Wildman–Crippen MR) is 71.8 cm³/mol. The van der Waals surface area contributed by atoms with Gasteiger partial charge >= 0.3 is 5.97 Å². The summed E-state index contributed by atoms with van der Waals surface area (Å²) < 4.78 is 13.7. The van der Waals surface area contributed by atoms with Gasteiger partial charge in [-0.3, -0.25) is 0 Å². The molecule has 0 saturated carbocycles. The van der Waals surface area contributed by atoms with Gasteiger partial charge in [-0.05, 0) is 26.0 Å². The van der Waals surface area contributed by atoms with Crippen LogP contribution in [0.2, 0.25) is 0 Å². The van der Waals surface area contributed by atoms with E-state index in [1.165, 1.54) is 12.1 Å². The molecule has 106 valence electrons. The lowest BCUT2D eigenvalue weighted by Gasteiger charge is -2.17. The van der Waals surface area contributed by atoms with Crippen molar-refractivity contribution in [2.75, 3.05) is 18.0 Å². The number of hydrogen-bond donors (Lipinski definition) is 1. The Balaban J connectivity index is 2.55. The fourth-order valence-corrected chi connectivity index (χ4v) is 1.90. The molecule has 0 spiro atoms. The van der Waals surface area contributed by atoms with Gasteiger partial charge < -0.3 is 10.0 Å². The third-order valence-corrected chi connectivity index (χ3v) is 2.93. The molecule has 0 aliphatic carbocycles. The number of rotatable bonds is 5. The Morgan fingerprint density at radius 1 is 1.30 bits per heavy atom. The molecule has 1 aromatic carbocycles. The molecule has 1 aromatic heterocycles. The number of anilines is 1. The lowest BCUT2D eigenvalue weighted by Crippen LogP contribution is -2.24. The molecular formula is C13H15FN4O2. The molecule has 20 heavy (non-hydrogen) atoms. The van der Waals surface area contributed by atoms with Crippen LogP contribution in [0.4, 0.5) is 10.2 Å². The van der Waals surface area contributed by atoms with Crippen LogP contribution in [0.25, 0.3) is 5.69 Å². The molecule has 0 aliphatic rings. The largest absolute Gasteiger partial charge is 0.476 e. The molecule has 1 N–H and O–H groups in total. The minimum Gasteiger partial charge on any atom is -0.476 e. The monoisotopic (exact) mass is 278 g/mol. The van der Waals surface area contributed by atoms with Crippen molar-refractivity contribution in [2.24, 2.45) is 0 Å². The van der Waals surface area contributed by atoms with E-state index in [0.717, 1.165) is 4.80 Å².